The lowest BCUT2D eigenvalue weighted by atomic mass is 10.2. The highest BCUT2D eigenvalue weighted by molar-refractivity contribution is 6.37. The molecule has 4 heteroatoms. The Hall–Kier alpha value is -1.84. The smallest absolute Gasteiger partial charge is 0.269 e. The molecular formula is C10H12N2O2. The second-order valence-electron chi connectivity index (χ2n) is 2.85. The number of carbonyl (C=O) groups excluding carboxylic acids is 1. The average molecular weight is 192 g/mol. The Morgan fingerprint density at radius 2 is 2.07 bits per heavy atom. The van der Waals surface area contributed by atoms with Gasteiger partial charge in [-0.3, -0.25) is 4.79 Å². The zero-order valence-corrected chi connectivity index (χ0v) is 7.90. The van der Waals surface area contributed by atoms with Gasteiger partial charge in [0.25, 0.3) is 5.91 Å². The molecule has 0 unspecified atom stereocenters. The second-order valence-corrected chi connectivity index (χ2v) is 2.85. The Labute approximate surface area is 82.2 Å². The summed E-state index contributed by atoms with van der Waals surface area (Å²) in [5, 5.41) is 13.8. The summed E-state index contributed by atoms with van der Waals surface area (Å²) in [5.41, 5.74) is 1.06. The molecule has 4 nitrogen and oxygen atoms in total. The van der Waals surface area contributed by atoms with E-state index < -0.39 is 0 Å². The van der Waals surface area contributed by atoms with Crippen LogP contribution in [0.15, 0.2) is 35.5 Å². The third-order valence-corrected chi connectivity index (χ3v) is 1.77. The van der Waals surface area contributed by atoms with E-state index in [1.807, 2.05) is 30.3 Å². The van der Waals surface area contributed by atoms with Crippen LogP contribution in [0.5, 0.6) is 0 Å². The molecule has 0 saturated heterocycles. The normalized spacial score (nSPS) is 11.1. The molecule has 0 heterocycles. The van der Waals surface area contributed by atoms with Crippen LogP contribution in [0, 0.1) is 0 Å². The van der Waals surface area contributed by atoms with Crippen molar-refractivity contribution in [2.75, 3.05) is 0 Å². The van der Waals surface area contributed by atoms with E-state index in [1.165, 1.54) is 6.92 Å². The van der Waals surface area contributed by atoms with Crippen LogP contribution >= 0.6 is 0 Å². The standard InChI is InChI=1S/C10H12N2O2/c1-8(12-14)10(13)11-7-9-5-3-2-4-6-9/h2-6,14H,7H2,1H3,(H,11,13)/b12-8-. The Morgan fingerprint density at radius 3 is 2.64 bits per heavy atom. The molecule has 0 aromatic heterocycles. The fourth-order valence-electron chi connectivity index (χ4n) is 0.952. The van der Waals surface area contributed by atoms with Crippen molar-refractivity contribution >= 4 is 11.6 Å². The lowest BCUT2D eigenvalue weighted by molar-refractivity contribution is -0.115. The van der Waals surface area contributed by atoms with Crippen LogP contribution in [0.4, 0.5) is 0 Å². The monoisotopic (exact) mass is 192 g/mol. The maximum absolute atomic E-state index is 11.1. The van der Waals surface area contributed by atoms with Crippen LogP contribution in [0.25, 0.3) is 0 Å². The largest absolute Gasteiger partial charge is 0.410 e. The molecule has 0 radical (unpaired) electrons. The fraction of sp³-hybridized carbons (Fsp3) is 0.200. The molecule has 0 aliphatic heterocycles. The number of amides is 1. The number of nitrogens with zero attached hydrogens (tertiary/aromatic N) is 1. The molecular weight excluding hydrogens is 180 g/mol. The second kappa shape index (κ2) is 5.01. The minimum atomic E-state index is -0.364. The van der Waals surface area contributed by atoms with Gasteiger partial charge in [0.05, 0.1) is 0 Å². The summed E-state index contributed by atoms with van der Waals surface area (Å²) in [5.74, 6) is -0.364. The predicted molar refractivity (Wildman–Crippen MR) is 53.2 cm³/mol. The maximum atomic E-state index is 11.1. The Bertz CT molecular complexity index is 333. The van der Waals surface area contributed by atoms with Crippen LogP contribution in [0.3, 0.4) is 0 Å². The third-order valence-electron chi connectivity index (χ3n) is 1.77. The van der Waals surface area contributed by atoms with Crippen LogP contribution in [0.1, 0.15) is 12.5 Å². The van der Waals surface area contributed by atoms with Crippen molar-refractivity contribution in [2.24, 2.45) is 5.16 Å². The van der Waals surface area contributed by atoms with Gasteiger partial charge in [0.1, 0.15) is 5.71 Å². The molecule has 1 rings (SSSR count). The summed E-state index contributed by atoms with van der Waals surface area (Å²) in [7, 11) is 0. The molecule has 0 saturated carbocycles. The summed E-state index contributed by atoms with van der Waals surface area (Å²) in [4.78, 5) is 11.1. The number of oxime groups is 1. The van der Waals surface area contributed by atoms with Crippen LogP contribution in [-0.4, -0.2) is 16.8 Å². The van der Waals surface area contributed by atoms with Crippen molar-refractivity contribution < 1.29 is 10.0 Å². The predicted octanol–water partition coefficient (Wildman–Crippen LogP) is 1.15. The van der Waals surface area contributed by atoms with Crippen molar-refractivity contribution in [3.63, 3.8) is 0 Å². The molecule has 2 N–H and O–H groups in total. The highest BCUT2D eigenvalue weighted by atomic mass is 16.4. The first-order valence-electron chi connectivity index (χ1n) is 4.25. The van der Waals surface area contributed by atoms with Gasteiger partial charge in [0.2, 0.25) is 0 Å². The topological polar surface area (TPSA) is 61.7 Å². The van der Waals surface area contributed by atoms with Crippen LogP contribution < -0.4 is 5.32 Å². The Balaban J connectivity index is 2.46. The molecule has 0 fully saturated rings. The van der Waals surface area contributed by atoms with E-state index in [4.69, 9.17) is 5.21 Å². The van der Waals surface area contributed by atoms with Gasteiger partial charge in [-0.1, -0.05) is 35.5 Å². The van der Waals surface area contributed by atoms with Crippen molar-refractivity contribution in [2.45, 2.75) is 13.5 Å². The molecule has 0 aliphatic rings. The molecule has 14 heavy (non-hydrogen) atoms. The van der Waals surface area contributed by atoms with E-state index in [2.05, 4.69) is 10.5 Å². The van der Waals surface area contributed by atoms with Gasteiger partial charge < -0.3 is 10.5 Å². The van der Waals surface area contributed by atoms with E-state index >= 15 is 0 Å². The summed E-state index contributed by atoms with van der Waals surface area (Å²) in [6.07, 6.45) is 0. The molecule has 0 spiro atoms. The molecule has 1 aromatic rings. The van der Waals surface area contributed by atoms with Crippen molar-refractivity contribution in [3.05, 3.63) is 35.9 Å². The molecule has 0 atom stereocenters. The number of hydrogen-bond donors (Lipinski definition) is 2. The zero-order valence-electron chi connectivity index (χ0n) is 7.90. The van der Waals surface area contributed by atoms with Crippen molar-refractivity contribution in [1.82, 2.24) is 5.32 Å². The zero-order chi connectivity index (χ0) is 10.4. The van der Waals surface area contributed by atoms with Gasteiger partial charge in [-0.2, -0.15) is 0 Å². The van der Waals surface area contributed by atoms with Gasteiger partial charge in [-0.25, -0.2) is 0 Å². The lowest BCUT2D eigenvalue weighted by Crippen LogP contribution is -2.28. The van der Waals surface area contributed by atoms with Crippen LogP contribution in [-0.2, 0) is 11.3 Å². The van der Waals surface area contributed by atoms with Crippen molar-refractivity contribution in [1.29, 1.82) is 0 Å². The van der Waals surface area contributed by atoms with Crippen molar-refractivity contribution in [3.8, 4) is 0 Å². The van der Waals surface area contributed by atoms with Gasteiger partial charge >= 0.3 is 0 Å². The molecule has 0 bridgehead atoms. The summed E-state index contributed by atoms with van der Waals surface area (Å²) in [6.45, 7) is 1.88. The van der Waals surface area contributed by atoms with E-state index in [0.717, 1.165) is 5.56 Å². The average Bonchev–Trinajstić information content (AvgIpc) is 2.26. The van der Waals surface area contributed by atoms with Crippen LogP contribution in [0.2, 0.25) is 0 Å². The molecule has 1 amide bonds. The number of carbonyl (C=O) groups is 1. The SMILES string of the molecule is C/C(=N/O)C(=O)NCc1ccccc1. The van der Waals surface area contributed by atoms with E-state index in [1.54, 1.807) is 0 Å². The number of hydrogen-bond acceptors (Lipinski definition) is 3. The van der Waals surface area contributed by atoms with E-state index in [0.29, 0.717) is 6.54 Å². The summed E-state index contributed by atoms with van der Waals surface area (Å²) in [6, 6.07) is 9.52. The molecule has 74 valence electrons. The van der Waals surface area contributed by atoms with Gasteiger partial charge in [0, 0.05) is 6.54 Å². The molecule has 0 aliphatic carbocycles. The van der Waals surface area contributed by atoms with Gasteiger partial charge in [-0.15, -0.1) is 0 Å². The number of nitrogens with one attached hydrogen (secondary N) is 1. The summed E-state index contributed by atoms with van der Waals surface area (Å²) >= 11 is 0. The Morgan fingerprint density at radius 1 is 1.43 bits per heavy atom. The summed E-state index contributed by atoms with van der Waals surface area (Å²) < 4.78 is 0. The highest BCUT2D eigenvalue weighted by Gasteiger charge is 2.04. The molecule has 1 aromatic carbocycles. The number of rotatable bonds is 3. The minimum absolute atomic E-state index is 0.0564. The number of benzene rings is 1. The van der Waals surface area contributed by atoms with Gasteiger partial charge in [0.15, 0.2) is 0 Å². The van der Waals surface area contributed by atoms with E-state index in [9.17, 15) is 4.79 Å². The highest BCUT2D eigenvalue weighted by Crippen LogP contribution is 1.96. The fourth-order valence-corrected chi connectivity index (χ4v) is 0.952. The minimum Gasteiger partial charge on any atom is -0.410 e. The maximum Gasteiger partial charge on any atom is 0.269 e. The third kappa shape index (κ3) is 2.90. The lowest BCUT2D eigenvalue weighted by Gasteiger charge is -2.03. The van der Waals surface area contributed by atoms with Gasteiger partial charge in [-0.05, 0) is 12.5 Å². The first-order chi connectivity index (χ1) is 6.74. The first-order valence-corrected chi connectivity index (χ1v) is 4.25. The Kier molecular flexibility index (Phi) is 3.67. The van der Waals surface area contributed by atoms with E-state index in [-0.39, 0.29) is 11.6 Å². The first kappa shape index (κ1) is 10.2. The quantitative estimate of drug-likeness (QED) is 0.428.